The van der Waals surface area contributed by atoms with Crippen LogP contribution in [0.3, 0.4) is 0 Å². The predicted molar refractivity (Wildman–Crippen MR) is 50.9 cm³/mol. The Labute approximate surface area is 88.6 Å². The second-order valence-corrected chi connectivity index (χ2v) is 3.32. The van der Waals surface area contributed by atoms with E-state index in [-0.39, 0.29) is 22.5 Å². The standard InChI is InChI=1S/C10H7F3N2O/c1-5-14-8-3-2-6(16)4-7(8)9(15-5)10(11,12)13/h2-4,16H,1H3. The Morgan fingerprint density at radius 3 is 2.50 bits per heavy atom. The average molecular weight is 228 g/mol. The zero-order valence-electron chi connectivity index (χ0n) is 8.21. The molecule has 3 nitrogen and oxygen atoms in total. The third-order valence-electron chi connectivity index (χ3n) is 2.06. The molecule has 0 saturated carbocycles. The van der Waals surface area contributed by atoms with E-state index < -0.39 is 11.9 Å². The van der Waals surface area contributed by atoms with Crippen LogP contribution in [0.2, 0.25) is 0 Å². The van der Waals surface area contributed by atoms with Crippen LogP contribution in [0.5, 0.6) is 5.75 Å². The van der Waals surface area contributed by atoms with Gasteiger partial charge in [0.15, 0.2) is 5.69 Å². The van der Waals surface area contributed by atoms with Crippen molar-refractivity contribution < 1.29 is 18.3 Å². The number of hydrogen-bond donors (Lipinski definition) is 1. The van der Waals surface area contributed by atoms with Gasteiger partial charge in [-0.25, -0.2) is 9.97 Å². The minimum atomic E-state index is -4.56. The summed E-state index contributed by atoms with van der Waals surface area (Å²) >= 11 is 0. The molecule has 0 fully saturated rings. The van der Waals surface area contributed by atoms with Crippen molar-refractivity contribution in [3.8, 4) is 5.75 Å². The van der Waals surface area contributed by atoms with Crippen molar-refractivity contribution >= 4 is 10.9 Å². The summed E-state index contributed by atoms with van der Waals surface area (Å²) in [6.07, 6.45) is -4.56. The minimum absolute atomic E-state index is 0.0468. The van der Waals surface area contributed by atoms with Gasteiger partial charge in [-0.2, -0.15) is 13.2 Å². The number of aromatic nitrogens is 2. The predicted octanol–water partition coefficient (Wildman–Crippen LogP) is 2.66. The summed E-state index contributed by atoms with van der Waals surface area (Å²) in [5.41, 5.74) is -0.858. The van der Waals surface area contributed by atoms with Crippen LogP contribution < -0.4 is 0 Å². The Bertz CT molecular complexity index is 551. The number of phenols is 1. The molecule has 84 valence electrons. The number of benzene rings is 1. The number of aryl methyl sites for hydroxylation is 1. The van der Waals surface area contributed by atoms with Crippen molar-refractivity contribution in [2.45, 2.75) is 13.1 Å². The first kappa shape index (κ1) is 10.7. The van der Waals surface area contributed by atoms with Crippen molar-refractivity contribution in [2.75, 3.05) is 0 Å². The molecule has 16 heavy (non-hydrogen) atoms. The van der Waals surface area contributed by atoms with Crippen molar-refractivity contribution in [1.82, 2.24) is 9.97 Å². The Balaban J connectivity index is 2.85. The van der Waals surface area contributed by atoms with Gasteiger partial charge in [0.05, 0.1) is 5.52 Å². The van der Waals surface area contributed by atoms with Gasteiger partial charge in [0, 0.05) is 5.39 Å². The molecule has 2 aromatic rings. The highest BCUT2D eigenvalue weighted by Gasteiger charge is 2.35. The molecule has 0 radical (unpaired) electrons. The van der Waals surface area contributed by atoms with Crippen LogP contribution >= 0.6 is 0 Å². The SMILES string of the molecule is Cc1nc(C(F)(F)F)c2cc(O)ccc2n1. The fraction of sp³-hybridized carbons (Fsp3) is 0.200. The van der Waals surface area contributed by atoms with Gasteiger partial charge in [0.2, 0.25) is 0 Å². The van der Waals surface area contributed by atoms with Crippen LogP contribution in [0.1, 0.15) is 11.5 Å². The van der Waals surface area contributed by atoms with Crippen LogP contribution in [-0.4, -0.2) is 15.1 Å². The highest BCUT2D eigenvalue weighted by molar-refractivity contribution is 5.82. The fourth-order valence-electron chi connectivity index (χ4n) is 1.45. The summed E-state index contributed by atoms with van der Waals surface area (Å²) in [5, 5.41) is 8.97. The van der Waals surface area contributed by atoms with Crippen LogP contribution in [0.25, 0.3) is 10.9 Å². The maximum absolute atomic E-state index is 12.7. The van der Waals surface area contributed by atoms with Crippen LogP contribution in [0, 0.1) is 6.92 Å². The molecule has 0 atom stereocenters. The van der Waals surface area contributed by atoms with Gasteiger partial charge in [0.1, 0.15) is 11.6 Å². The fourth-order valence-corrected chi connectivity index (χ4v) is 1.45. The van der Waals surface area contributed by atoms with E-state index >= 15 is 0 Å². The zero-order chi connectivity index (χ0) is 11.9. The minimum Gasteiger partial charge on any atom is -0.508 e. The van der Waals surface area contributed by atoms with Gasteiger partial charge in [-0.3, -0.25) is 0 Å². The van der Waals surface area contributed by atoms with Crippen LogP contribution in [0.4, 0.5) is 13.2 Å². The summed E-state index contributed by atoms with van der Waals surface area (Å²) in [6.45, 7) is 1.39. The van der Waals surface area contributed by atoms with Crippen LogP contribution in [0.15, 0.2) is 18.2 Å². The molecule has 6 heteroatoms. The van der Waals surface area contributed by atoms with Crippen LogP contribution in [-0.2, 0) is 6.18 Å². The maximum Gasteiger partial charge on any atom is 0.434 e. The van der Waals surface area contributed by atoms with E-state index in [1.165, 1.54) is 19.1 Å². The molecule has 0 aliphatic rings. The quantitative estimate of drug-likeness (QED) is 0.753. The molecule has 1 N–H and O–H groups in total. The van der Waals surface area contributed by atoms with Gasteiger partial charge in [0.25, 0.3) is 0 Å². The second kappa shape index (κ2) is 3.33. The lowest BCUT2D eigenvalue weighted by Crippen LogP contribution is -2.10. The van der Waals surface area contributed by atoms with Crippen molar-refractivity contribution in [1.29, 1.82) is 0 Å². The molecular weight excluding hydrogens is 221 g/mol. The third-order valence-corrected chi connectivity index (χ3v) is 2.06. The van der Waals surface area contributed by atoms with Gasteiger partial charge in [-0.1, -0.05) is 0 Å². The molecule has 0 spiro atoms. The molecule has 0 saturated heterocycles. The number of phenolic OH excluding ortho intramolecular Hbond substituents is 1. The first-order valence-electron chi connectivity index (χ1n) is 4.42. The number of halogens is 3. The monoisotopic (exact) mass is 228 g/mol. The Kier molecular flexibility index (Phi) is 2.22. The number of aromatic hydroxyl groups is 1. The van der Waals surface area contributed by atoms with E-state index in [1.807, 2.05) is 0 Å². The summed E-state index contributed by atoms with van der Waals surface area (Å²) in [7, 11) is 0. The van der Waals surface area contributed by atoms with Crippen molar-refractivity contribution in [3.63, 3.8) is 0 Å². The number of hydrogen-bond acceptors (Lipinski definition) is 3. The zero-order valence-corrected chi connectivity index (χ0v) is 8.21. The molecule has 0 amide bonds. The average Bonchev–Trinajstić information content (AvgIpc) is 2.16. The van der Waals surface area contributed by atoms with Gasteiger partial charge < -0.3 is 5.11 Å². The van der Waals surface area contributed by atoms with Gasteiger partial charge in [-0.15, -0.1) is 0 Å². The van der Waals surface area contributed by atoms with Gasteiger partial charge >= 0.3 is 6.18 Å². The topological polar surface area (TPSA) is 46.0 Å². The van der Waals surface area contributed by atoms with Gasteiger partial charge in [-0.05, 0) is 25.1 Å². The maximum atomic E-state index is 12.7. The molecule has 0 aliphatic carbocycles. The lowest BCUT2D eigenvalue weighted by Gasteiger charge is -2.09. The van der Waals surface area contributed by atoms with Crippen molar-refractivity contribution in [3.05, 3.63) is 29.7 Å². The molecule has 0 bridgehead atoms. The Morgan fingerprint density at radius 1 is 1.19 bits per heavy atom. The summed E-state index contributed by atoms with van der Waals surface area (Å²) in [5.74, 6) is -0.198. The molecular formula is C10H7F3N2O. The smallest absolute Gasteiger partial charge is 0.434 e. The van der Waals surface area contributed by atoms with E-state index in [0.717, 1.165) is 6.07 Å². The highest BCUT2D eigenvalue weighted by atomic mass is 19.4. The summed E-state index contributed by atoms with van der Waals surface area (Å²) in [4.78, 5) is 7.24. The van der Waals surface area contributed by atoms with E-state index in [9.17, 15) is 13.2 Å². The Hall–Kier alpha value is -1.85. The number of fused-ring (bicyclic) bond motifs is 1. The highest BCUT2D eigenvalue weighted by Crippen LogP contribution is 2.33. The first-order valence-corrected chi connectivity index (χ1v) is 4.42. The summed E-state index contributed by atoms with van der Waals surface area (Å²) in [6, 6.07) is 3.63. The normalized spacial score (nSPS) is 12.0. The molecule has 2 rings (SSSR count). The van der Waals surface area contributed by atoms with E-state index in [2.05, 4.69) is 9.97 Å². The molecule has 0 unspecified atom stereocenters. The largest absolute Gasteiger partial charge is 0.508 e. The molecule has 0 aliphatic heterocycles. The molecule has 1 heterocycles. The number of alkyl halides is 3. The lowest BCUT2D eigenvalue weighted by atomic mass is 10.1. The molecule has 1 aromatic heterocycles. The number of nitrogens with zero attached hydrogens (tertiary/aromatic N) is 2. The lowest BCUT2D eigenvalue weighted by molar-refractivity contribution is -0.139. The second-order valence-electron chi connectivity index (χ2n) is 3.32. The number of rotatable bonds is 0. The third kappa shape index (κ3) is 1.78. The van der Waals surface area contributed by atoms with E-state index in [1.54, 1.807) is 0 Å². The van der Waals surface area contributed by atoms with E-state index in [0.29, 0.717) is 0 Å². The summed E-state index contributed by atoms with van der Waals surface area (Å²) < 4.78 is 38.0. The molecule has 1 aromatic carbocycles. The van der Waals surface area contributed by atoms with E-state index in [4.69, 9.17) is 5.11 Å². The first-order chi connectivity index (χ1) is 7.38. The Morgan fingerprint density at radius 2 is 1.88 bits per heavy atom. The van der Waals surface area contributed by atoms with Crippen molar-refractivity contribution in [2.24, 2.45) is 0 Å².